The van der Waals surface area contributed by atoms with E-state index in [-0.39, 0.29) is 12.5 Å². The van der Waals surface area contributed by atoms with Gasteiger partial charge in [0.1, 0.15) is 5.75 Å². The second-order valence-corrected chi connectivity index (χ2v) is 6.96. The van der Waals surface area contributed by atoms with Crippen LogP contribution in [0.3, 0.4) is 0 Å². The molecule has 2 aromatic rings. The minimum atomic E-state index is -0.185. The van der Waals surface area contributed by atoms with E-state index in [1.54, 1.807) is 0 Å². The highest BCUT2D eigenvalue weighted by Crippen LogP contribution is 2.26. The summed E-state index contributed by atoms with van der Waals surface area (Å²) < 4.78 is 11.8. The average molecular weight is 419 g/mol. The highest BCUT2D eigenvalue weighted by molar-refractivity contribution is 9.10. The predicted molar refractivity (Wildman–Crippen MR) is 107 cm³/mol. The number of hydrogen-bond donors (Lipinski definition) is 1. The van der Waals surface area contributed by atoms with E-state index < -0.39 is 0 Å². The molecule has 1 fully saturated rings. The highest BCUT2D eigenvalue weighted by atomic mass is 79.9. The SMILES string of the molecule is CCc1ccc(OCC(=O)Nc2ccc(N3CCOCC3)cc2)c(Br)c1. The van der Waals surface area contributed by atoms with Gasteiger partial charge in [0.2, 0.25) is 0 Å². The van der Waals surface area contributed by atoms with Gasteiger partial charge in [-0.25, -0.2) is 0 Å². The molecular formula is C20H23BrN2O3. The van der Waals surface area contributed by atoms with Crippen LogP contribution >= 0.6 is 15.9 Å². The van der Waals surface area contributed by atoms with Gasteiger partial charge in [0.05, 0.1) is 17.7 Å². The maximum atomic E-state index is 12.1. The zero-order valence-corrected chi connectivity index (χ0v) is 16.4. The van der Waals surface area contributed by atoms with Gasteiger partial charge < -0.3 is 19.7 Å². The van der Waals surface area contributed by atoms with E-state index in [1.165, 1.54) is 5.56 Å². The van der Waals surface area contributed by atoms with Gasteiger partial charge in [-0.15, -0.1) is 0 Å². The first kappa shape index (κ1) is 18.7. The number of hydrogen-bond acceptors (Lipinski definition) is 4. The van der Waals surface area contributed by atoms with Gasteiger partial charge in [0.25, 0.3) is 5.91 Å². The van der Waals surface area contributed by atoms with Crippen LogP contribution in [0.4, 0.5) is 11.4 Å². The summed E-state index contributed by atoms with van der Waals surface area (Å²) in [5, 5.41) is 2.86. The van der Waals surface area contributed by atoms with Crippen molar-refractivity contribution >= 4 is 33.2 Å². The summed E-state index contributed by atoms with van der Waals surface area (Å²) in [7, 11) is 0. The second kappa shape index (κ2) is 9.05. The first-order valence-corrected chi connectivity index (χ1v) is 9.59. The fourth-order valence-electron chi connectivity index (χ4n) is 2.80. The number of rotatable bonds is 6. The monoisotopic (exact) mass is 418 g/mol. The number of aryl methyl sites for hydroxylation is 1. The first-order valence-electron chi connectivity index (χ1n) is 8.79. The molecular weight excluding hydrogens is 396 g/mol. The molecule has 2 aromatic carbocycles. The number of ether oxygens (including phenoxy) is 2. The zero-order valence-electron chi connectivity index (χ0n) is 14.8. The Bertz CT molecular complexity index is 743. The molecule has 138 valence electrons. The van der Waals surface area contributed by atoms with Crippen molar-refractivity contribution in [2.75, 3.05) is 43.1 Å². The molecule has 0 aromatic heterocycles. The lowest BCUT2D eigenvalue weighted by molar-refractivity contribution is -0.118. The molecule has 0 bridgehead atoms. The largest absolute Gasteiger partial charge is 0.483 e. The van der Waals surface area contributed by atoms with Crippen LogP contribution in [-0.2, 0) is 16.0 Å². The standard InChI is InChI=1S/C20H23BrN2O3/c1-2-15-3-8-19(18(21)13-15)26-14-20(24)22-16-4-6-17(7-5-16)23-9-11-25-12-10-23/h3-8,13H,2,9-12,14H2,1H3,(H,22,24). The van der Waals surface area contributed by atoms with Gasteiger partial charge in [-0.1, -0.05) is 13.0 Å². The fourth-order valence-corrected chi connectivity index (χ4v) is 3.34. The maximum Gasteiger partial charge on any atom is 0.262 e. The van der Waals surface area contributed by atoms with Crippen LogP contribution in [-0.4, -0.2) is 38.8 Å². The average Bonchev–Trinajstić information content (AvgIpc) is 2.68. The van der Waals surface area contributed by atoms with Crippen LogP contribution < -0.4 is 15.0 Å². The van der Waals surface area contributed by atoms with Gasteiger partial charge in [-0.3, -0.25) is 4.79 Å². The molecule has 1 aliphatic heterocycles. The summed E-state index contributed by atoms with van der Waals surface area (Å²) in [6, 6.07) is 13.8. The molecule has 1 N–H and O–H groups in total. The molecule has 0 radical (unpaired) electrons. The number of nitrogens with one attached hydrogen (secondary N) is 1. The number of carbonyl (C=O) groups excluding carboxylic acids is 1. The van der Waals surface area contributed by atoms with Gasteiger partial charge in [-0.2, -0.15) is 0 Å². The summed E-state index contributed by atoms with van der Waals surface area (Å²) in [5.74, 6) is 0.482. The highest BCUT2D eigenvalue weighted by Gasteiger charge is 2.11. The van der Waals surface area contributed by atoms with Crippen molar-refractivity contribution in [1.82, 2.24) is 0 Å². The molecule has 1 aliphatic rings. The number of carbonyl (C=O) groups is 1. The van der Waals surface area contributed by atoms with Gasteiger partial charge >= 0.3 is 0 Å². The Morgan fingerprint density at radius 2 is 1.92 bits per heavy atom. The molecule has 3 rings (SSSR count). The first-order chi connectivity index (χ1) is 12.7. The summed E-state index contributed by atoms with van der Waals surface area (Å²) >= 11 is 3.48. The van der Waals surface area contributed by atoms with Gasteiger partial charge in [-0.05, 0) is 64.3 Å². The normalized spacial score (nSPS) is 14.2. The lowest BCUT2D eigenvalue weighted by Crippen LogP contribution is -2.36. The van der Waals surface area contributed by atoms with Crippen LogP contribution in [0.1, 0.15) is 12.5 Å². The molecule has 6 heteroatoms. The van der Waals surface area contributed by atoms with E-state index in [0.717, 1.165) is 48.6 Å². The van der Waals surface area contributed by atoms with Crippen LogP contribution in [0.5, 0.6) is 5.75 Å². The topological polar surface area (TPSA) is 50.8 Å². The van der Waals surface area contributed by atoms with Crippen molar-refractivity contribution in [3.63, 3.8) is 0 Å². The third-order valence-electron chi connectivity index (χ3n) is 4.29. The van der Waals surface area contributed by atoms with Crippen molar-refractivity contribution in [3.8, 4) is 5.75 Å². The van der Waals surface area contributed by atoms with Crippen molar-refractivity contribution in [1.29, 1.82) is 0 Å². The molecule has 5 nitrogen and oxygen atoms in total. The van der Waals surface area contributed by atoms with E-state index in [1.807, 2.05) is 42.5 Å². The van der Waals surface area contributed by atoms with Crippen molar-refractivity contribution < 1.29 is 14.3 Å². The molecule has 0 saturated carbocycles. The molecule has 0 unspecified atom stereocenters. The molecule has 1 heterocycles. The Kier molecular flexibility index (Phi) is 6.52. The van der Waals surface area contributed by atoms with Crippen molar-refractivity contribution in [2.24, 2.45) is 0 Å². The van der Waals surface area contributed by atoms with E-state index >= 15 is 0 Å². The molecule has 0 aliphatic carbocycles. The Hall–Kier alpha value is -2.05. The Balaban J connectivity index is 1.51. The molecule has 0 spiro atoms. The number of morpholine rings is 1. The van der Waals surface area contributed by atoms with E-state index in [2.05, 4.69) is 33.1 Å². The van der Waals surface area contributed by atoms with Crippen LogP contribution in [0.2, 0.25) is 0 Å². The molecule has 26 heavy (non-hydrogen) atoms. The Labute approximate surface area is 162 Å². The Morgan fingerprint density at radius 3 is 2.58 bits per heavy atom. The van der Waals surface area contributed by atoms with E-state index in [4.69, 9.17) is 9.47 Å². The molecule has 0 atom stereocenters. The number of benzene rings is 2. The van der Waals surface area contributed by atoms with E-state index in [9.17, 15) is 4.79 Å². The summed E-state index contributed by atoms with van der Waals surface area (Å²) in [4.78, 5) is 14.4. The number of amides is 1. The third-order valence-corrected chi connectivity index (χ3v) is 4.91. The quantitative estimate of drug-likeness (QED) is 0.773. The third kappa shape index (κ3) is 4.99. The number of halogens is 1. The lowest BCUT2D eigenvalue weighted by atomic mass is 10.2. The zero-order chi connectivity index (χ0) is 18.4. The van der Waals surface area contributed by atoms with Crippen molar-refractivity contribution in [2.45, 2.75) is 13.3 Å². The Morgan fingerprint density at radius 1 is 1.19 bits per heavy atom. The van der Waals surface area contributed by atoms with Gasteiger partial charge in [0, 0.05) is 24.5 Å². The smallest absolute Gasteiger partial charge is 0.262 e. The lowest BCUT2D eigenvalue weighted by Gasteiger charge is -2.28. The van der Waals surface area contributed by atoms with Crippen LogP contribution in [0.25, 0.3) is 0 Å². The summed E-state index contributed by atoms with van der Waals surface area (Å²) in [6.45, 7) is 5.36. The van der Waals surface area contributed by atoms with Crippen molar-refractivity contribution in [3.05, 3.63) is 52.5 Å². The van der Waals surface area contributed by atoms with Gasteiger partial charge in [0.15, 0.2) is 6.61 Å². The molecule has 1 amide bonds. The summed E-state index contributed by atoms with van der Waals surface area (Å²) in [5.41, 5.74) is 3.12. The maximum absolute atomic E-state index is 12.1. The fraction of sp³-hybridized carbons (Fsp3) is 0.350. The second-order valence-electron chi connectivity index (χ2n) is 6.10. The summed E-state index contributed by atoms with van der Waals surface area (Å²) in [6.07, 6.45) is 0.958. The van der Waals surface area contributed by atoms with E-state index in [0.29, 0.717) is 5.75 Å². The van der Waals surface area contributed by atoms with Crippen LogP contribution in [0.15, 0.2) is 46.9 Å². The minimum absolute atomic E-state index is 0.0325. The number of anilines is 2. The predicted octanol–water partition coefficient (Wildman–Crippen LogP) is 3.87. The number of nitrogens with zero attached hydrogens (tertiary/aromatic N) is 1. The minimum Gasteiger partial charge on any atom is -0.483 e. The molecule has 1 saturated heterocycles. The van der Waals surface area contributed by atoms with Crippen LogP contribution in [0, 0.1) is 0 Å².